The van der Waals surface area contributed by atoms with Crippen molar-refractivity contribution in [3.63, 3.8) is 0 Å². The molecule has 7 nitrogen and oxygen atoms in total. The van der Waals surface area contributed by atoms with E-state index >= 15 is 0 Å². The van der Waals surface area contributed by atoms with Gasteiger partial charge in [-0.3, -0.25) is 0 Å². The highest BCUT2D eigenvalue weighted by atomic mass is 32.2. The molecule has 0 fully saturated rings. The zero-order valence-electron chi connectivity index (χ0n) is 16.2. The fourth-order valence-corrected chi connectivity index (χ4v) is 2.98. The first kappa shape index (κ1) is 21.7. The standard InChI is InChI=1S/C20H25NO6S/c1-4-25-19(20(22)26-5-2)14-15-6-8-16(9-7-15)21-17-10-12-18(13-11-17)27-28(3,23)24/h6-13,19,21H,4-5,14H2,1-3H3/t19-/m0/s1. The SMILES string of the molecule is CCOC(=O)[C@H](Cc1ccc(Nc2ccc(OS(C)(=O)=O)cc2)cc1)OCC. The van der Waals surface area contributed by atoms with E-state index in [9.17, 15) is 13.2 Å². The van der Waals surface area contributed by atoms with Crippen LogP contribution in [-0.4, -0.2) is 40.0 Å². The number of hydrogen-bond donors (Lipinski definition) is 1. The molecule has 0 saturated carbocycles. The number of ether oxygens (including phenoxy) is 2. The van der Waals surface area contributed by atoms with E-state index in [-0.39, 0.29) is 11.7 Å². The Labute approximate surface area is 165 Å². The zero-order chi connectivity index (χ0) is 20.6. The summed E-state index contributed by atoms with van der Waals surface area (Å²) in [6.45, 7) is 4.36. The average molecular weight is 407 g/mol. The minimum atomic E-state index is -3.54. The molecule has 2 aromatic rings. The lowest BCUT2D eigenvalue weighted by Gasteiger charge is -2.16. The highest BCUT2D eigenvalue weighted by Gasteiger charge is 2.20. The molecular weight excluding hydrogens is 382 g/mol. The number of carbonyl (C=O) groups excluding carboxylic acids is 1. The van der Waals surface area contributed by atoms with Gasteiger partial charge in [0.25, 0.3) is 0 Å². The number of carbonyl (C=O) groups is 1. The highest BCUT2D eigenvalue weighted by Crippen LogP contribution is 2.21. The van der Waals surface area contributed by atoms with Gasteiger partial charge < -0.3 is 19.0 Å². The van der Waals surface area contributed by atoms with Crippen LogP contribution in [0, 0.1) is 0 Å². The lowest BCUT2D eigenvalue weighted by Crippen LogP contribution is -2.28. The van der Waals surface area contributed by atoms with Gasteiger partial charge in [-0.15, -0.1) is 0 Å². The van der Waals surface area contributed by atoms with Gasteiger partial charge in [-0.25, -0.2) is 4.79 Å². The molecule has 0 aliphatic rings. The van der Waals surface area contributed by atoms with Crippen LogP contribution in [0.3, 0.4) is 0 Å². The first-order valence-electron chi connectivity index (χ1n) is 8.94. The molecule has 0 amide bonds. The summed E-state index contributed by atoms with van der Waals surface area (Å²) in [5.41, 5.74) is 2.59. The largest absolute Gasteiger partial charge is 0.464 e. The van der Waals surface area contributed by atoms with Gasteiger partial charge in [0.05, 0.1) is 12.9 Å². The van der Waals surface area contributed by atoms with Gasteiger partial charge in [0.15, 0.2) is 6.10 Å². The number of anilines is 2. The van der Waals surface area contributed by atoms with Gasteiger partial charge in [-0.1, -0.05) is 12.1 Å². The number of esters is 1. The lowest BCUT2D eigenvalue weighted by molar-refractivity contribution is -0.156. The third kappa shape index (κ3) is 7.21. The van der Waals surface area contributed by atoms with Crippen molar-refractivity contribution < 1.29 is 26.9 Å². The second-order valence-electron chi connectivity index (χ2n) is 6.03. The molecule has 2 aromatic carbocycles. The van der Waals surface area contributed by atoms with Crippen molar-refractivity contribution in [3.8, 4) is 5.75 Å². The van der Waals surface area contributed by atoms with Crippen LogP contribution >= 0.6 is 0 Å². The van der Waals surface area contributed by atoms with Crippen molar-refractivity contribution in [1.29, 1.82) is 0 Å². The number of hydrogen-bond acceptors (Lipinski definition) is 7. The summed E-state index contributed by atoms with van der Waals surface area (Å²) in [6, 6.07) is 14.2. The molecule has 0 spiro atoms. The predicted octanol–water partition coefficient (Wildman–Crippen LogP) is 3.28. The van der Waals surface area contributed by atoms with Crippen molar-refractivity contribution in [2.75, 3.05) is 24.8 Å². The number of benzene rings is 2. The first-order chi connectivity index (χ1) is 13.3. The summed E-state index contributed by atoms with van der Waals surface area (Å²) in [6.07, 6.45) is 0.814. The minimum Gasteiger partial charge on any atom is -0.464 e. The Morgan fingerprint density at radius 3 is 2.04 bits per heavy atom. The Balaban J connectivity index is 1.99. The molecule has 1 atom stereocenters. The second kappa shape index (κ2) is 10.1. The van der Waals surface area contributed by atoms with E-state index in [2.05, 4.69) is 5.32 Å². The molecule has 152 valence electrons. The lowest BCUT2D eigenvalue weighted by atomic mass is 10.1. The quantitative estimate of drug-likeness (QED) is 0.477. The fourth-order valence-electron chi connectivity index (χ4n) is 2.52. The molecule has 0 bridgehead atoms. The van der Waals surface area contributed by atoms with E-state index in [1.165, 1.54) is 0 Å². The van der Waals surface area contributed by atoms with Crippen molar-refractivity contribution in [3.05, 3.63) is 54.1 Å². The maximum atomic E-state index is 12.0. The third-order valence-electron chi connectivity index (χ3n) is 3.68. The number of nitrogens with one attached hydrogen (secondary N) is 1. The zero-order valence-corrected chi connectivity index (χ0v) is 17.0. The molecule has 0 radical (unpaired) electrons. The van der Waals surface area contributed by atoms with Crippen molar-refractivity contribution in [1.82, 2.24) is 0 Å². The van der Waals surface area contributed by atoms with Crippen LogP contribution in [0.15, 0.2) is 48.5 Å². The molecule has 2 rings (SSSR count). The van der Waals surface area contributed by atoms with Crippen LogP contribution in [0.2, 0.25) is 0 Å². The monoisotopic (exact) mass is 407 g/mol. The van der Waals surface area contributed by atoms with E-state index in [0.717, 1.165) is 23.2 Å². The topological polar surface area (TPSA) is 90.9 Å². The van der Waals surface area contributed by atoms with Crippen LogP contribution in [0.1, 0.15) is 19.4 Å². The second-order valence-corrected chi connectivity index (χ2v) is 7.61. The van der Waals surface area contributed by atoms with Gasteiger partial charge in [0.1, 0.15) is 5.75 Å². The van der Waals surface area contributed by atoms with E-state index in [1.807, 2.05) is 31.2 Å². The summed E-state index contributed by atoms with van der Waals surface area (Å²) in [7, 11) is -3.54. The molecule has 0 heterocycles. The molecular formula is C20H25NO6S. The van der Waals surface area contributed by atoms with E-state index < -0.39 is 16.2 Å². The summed E-state index contributed by atoms with van der Waals surface area (Å²) < 4.78 is 37.6. The molecule has 28 heavy (non-hydrogen) atoms. The van der Waals surface area contributed by atoms with Gasteiger partial charge in [-0.05, 0) is 55.8 Å². The predicted molar refractivity (Wildman–Crippen MR) is 107 cm³/mol. The van der Waals surface area contributed by atoms with Gasteiger partial charge in [0, 0.05) is 24.4 Å². The normalized spacial score (nSPS) is 12.2. The van der Waals surface area contributed by atoms with Gasteiger partial charge >= 0.3 is 16.1 Å². The van der Waals surface area contributed by atoms with E-state index in [0.29, 0.717) is 19.6 Å². The molecule has 8 heteroatoms. The molecule has 0 saturated heterocycles. The molecule has 0 aliphatic carbocycles. The Hall–Kier alpha value is -2.58. The third-order valence-corrected chi connectivity index (χ3v) is 4.18. The van der Waals surface area contributed by atoms with Gasteiger partial charge in [-0.2, -0.15) is 8.42 Å². The number of rotatable bonds is 10. The van der Waals surface area contributed by atoms with Crippen molar-refractivity contribution in [2.24, 2.45) is 0 Å². The minimum absolute atomic E-state index is 0.254. The summed E-state index contributed by atoms with van der Waals surface area (Å²) in [4.78, 5) is 12.0. The van der Waals surface area contributed by atoms with Crippen molar-refractivity contribution in [2.45, 2.75) is 26.4 Å². The smallest absolute Gasteiger partial charge is 0.335 e. The summed E-state index contributed by atoms with van der Waals surface area (Å²) in [5, 5.41) is 3.21. The van der Waals surface area contributed by atoms with Gasteiger partial charge in [0.2, 0.25) is 0 Å². The van der Waals surface area contributed by atoms with Crippen molar-refractivity contribution >= 4 is 27.5 Å². The van der Waals surface area contributed by atoms with Crippen LogP contribution in [0.4, 0.5) is 11.4 Å². The Bertz CT molecular complexity index is 863. The molecule has 0 aromatic heterocycles. The van der Waals surface area contributed by atoms with E-state index in [1.54, 1.807) is 31.2 Å². The first-order valence-corrected chi connectivity index (χ1v) is 10.8. The van der Waals surface area contributed by atoms with Crippen LogP contribution < -0.4 is 9.50 Å². The molecule has 0 aliphatic heterocycles. The summed E-state index contributed by atoms with van der Waals surface area (Å²) >= 11 is 0. The fraction of sp³-hybridized carbons (Fsp3) is 0.350. The molecule has 0 unspecified atom stereocenters. The van der Waals surface area contributed by atoms with Crippen LogP contribution in [0.5, 0.6) is 5.75 Å². The molecule has 1 N–H and O–H groups in total. The average Bonchev–Trinajstić information content (AvgIpc) is 2.63. The maximum Gasteiger partial charge on any atom is 0.335 e. The Morgan fingerprint density at radius 1 is 0.964 bits per heavy atom. The van der Waals surface area contributed by atoms with E-state index in [4.69, 9.17) is 13.7 Å². The maximum absolute atomic E-state index is 12.0. The highest BCUT2D eigenvalue weighted by molar-refractivity contribution is 7.86. The summed E-state index contributed by atoms with van der Waals surface area (Å²) in [5.74, 6) is -0.104. The van der Waals surface area contributed by atoms with Crippen LogP contribution in [0.25, 0.3) is 0 Å². The Morgan fingerprint density at radius 2 is 1.54 bits per heavy atom. The van der Waals surface area contributed by atoms with Crippen LogP contribution in [-0.2, 0) is 30.8 Å². The Kier molecular flexibility index (Phi) is 7.83.